The first kappa shape index (κ1) is 16.3. The molecule has 126 valence electrons. The minimum atomic E-state index is -2.97. The first-order valence-electron chi connectivity index (χ1n) is 7.29. The highest BCUT2D eigenvalue weighted by Gasteiger charge is 2.27. The molecule has 1 aliphatic rings. The number of carbonyl (C=O) groups is 1. The van der Waals surface area contributed by atoms with Crippen LogP contribution in [0.25, 0.3) is 0 Å². The Morgan fingerprint density at radius 1 is 1.17 bits per heavy atom. The van der Waals surface area contributed by atoms with Gasteiger partial charge in [0.1, 0.15) is 11.6 Å². The van der Waals surface area contributed by atoms with Crippen molar-refractivity contribution in [2.75, 3.05) is 22.1 Å². The van der Waals surface area contributed by atoms with E-state index in [2.05, 4.69) is 20.8 Å². The molecule has 0 saturated carbocycles. The number of benzene rings is 1. The van der Waals surface area contributed by atoms with Crippen molar-refractivity contribution in [2.24, 2.45) is 0 Å². The van der Waals surface area contributed by atoms with E-state index in [1.165, 1.54) is 24.3 Å². The Kier molecular flexibility index (Phi) is 4.43. The molecule has 1 atom stereocenters. The van der Waals surface area contributed by atoms with E-state index in [1.807, 2.05) is 0 Å². The van der Waals surface area contributed by atoms with Crippen LogP contribution in [0.15, 0.2) is 36.4 Å². The number of nitrogens with one attached hydrogen (secondary N) is 2. The van der Waals surface area contributed by atoms with E-state index in [1.54, 1.807) is 6.07 Å². The summed E-state index contributed by atoms with van der Waals surface area (Å²) in [6, 6.07) is 8.26. The van der Waals surface area contributed by atoms with Crippen LogP contribution in [-0.4, -0.2) is 42.1 Å². The van der Waals surface area contributed by atoms with Gasteiger partial charge in [-0.05, 0) is 36.8 Å². The summed E-state index contributed by atoms with van der Waals surface area (Å²) in [6.07, 6.45) is 0.530. The summed E-state index contributed by atoms with van der Waals surface area (Å²) in [5.41, 5.74) is 0.176. The highest BCUT2D eigenvalue weighted by atomic mass is 32.2. The van der Waals surface area contributed by atoms with E-state index >= 15 is 0 Å². The van der Waals surface area contributed by atoms with Gasteiger partial charge in [0.25, 0.3) is 5.91 Å². The zero-order chi connectivity index (χ0) is 17.2. The third-order valence-electron chi connectivity index (χ3n) is 3.58. The smallest absolute Gasteiger partial charge is 0.256 e. The van der Waals surface area contributed by atoms with Crippen LogP contribution in [0.1, 0.15) is 16.8 Å². The lowest BCUT2D eigenvalue weighted by atomic mass is 10.2. The van der Waals surface area contributed by atoms with Gasteiger partial charge < -0.3 is 10.6 Å². The van der Waals surface area contributed by atoms with Crippen molar-refractivity contribution in [1.82, 2.24) is 10.2 Å². The predicted molar refractivity (Wildman–Crippen MR) is 87.1 cm³/mol. The third-order valence-corrected chi connectivity index (χ3v) is 5.35. The SMILES string of the molecule is O=C(Nc1ccc(NC2CCS(=O)(=O)C2)nn1)c1cccc(F)c1. The topological polar surface area (TPSA) is 101 Å². The number of anilines is 2. The maximum atomic E-state index is 13.1. The van der Waals surface area contributed by atoms with Gasteiger partial charge in [0.2, 0.25) is 0 Å². The molecule has 0 aliphatic carbocycles. The molecule has 1 aromatic heterocycles. The number of hydrogen-bond donors (Lipinski definition) is 2. The largest absolute Gasteiger partial charge is 0.365 e. The van der Waals surface area contributed by atoms with Crippen LogP contribution in [-0.2, 0) is 9.84 Å². The lowest BCUT2D eigenvalue weighted by Gasteiger charge is -2.11. The molecule has 1 unspecified atom stereocenters. The zero-order valence-electron chi connectivity index (χ0n) is 12.6. The molecule has 2 heterocycles. The number of hydrogen-bond acceptors (Lipinski definition) is 6. The molecule has 1 fully saturated rings. The maximum absolute atomic E-state index is 13.1. The average Bonchev–Trinajstić information content (AvgIpc) is 2.88. The van der Waals surface area contributed by atoms with Crippen molar-refractivity contribution in [1.29, 1.82) is 0 Å². The zero-order valence-corrected chi connectivity index (χ0v) is 13.4. The van der Waals surface area contributed by atoms with Gasteiger partial charge in [-0.15, -0.1) is 10.2 Å². The molecule has 3 rings (SSSR count). The van der Waals surface area contributed by atoms with Crippen LogP contribution in [0.5, 0.6) is 0 Å². The molecule has 7 nitrogen and oxygen atoms in total. The minimum Gasteiger partial charge on any atom is -0.365 e. The molecule has 0 radical (unpaired) electrons. The fourth-order valence-electron chi connectivity index (χ4n) is 2.41. The Morgan fingerprint density at radius 2 is 1.92 bits per heavy atom. The molecular weight excluding hydrogens is 335 g/mol. The van der Waals surface area contributed by atoms with E-state index in [0.717, 1.165) is 6.07 Å². The first-order valence-corrected chi connectivity index (χ1v) is 9.11. The Bertz CT molecular complexity index is 855. The van der Waals surface area contributed by atoms with Gasteiger partial charge in [-0.1, -0.05) is 6.07 Å². The van der Waals surface area contributed by atoms with Crippen molar-refractivity contribution in [2.45, 2.75) is 12.5 Å². The summed E-state index contributed by atoms with van der Waals surface area (Å²) >= 11 is 0. The Hall–Kier alpha value is -2.55. The summed E-state index contributed by atoms with van der Waals surface area (Å²) < 4.78 is 35.9. The van der Waals surface area contributed by atoms with Gasteiger partial charge in [-0.3, -0.25) is 4.79 Å². The molecular formula is C15H15FN4O3S. The lowest BCUT2D eigenvalue weighted by molar-refractivity contribution is 0.102. The van der Waals surface area contributed by atoms with E-state index < -0.39 is 21.6 Å². The van der Waals surface area contributed by atoms with Crippen LogP contribution in [0, 0.1) is 5.82 Å². The first-order chi connectivity index (χ1) is 11.4. The van der Waals surface area contributed by atoms with Crippen LogP contribution < -0.4 is 10.6 Å². The van der Waals surface area contributed by atoms with Crippen molar-refractivity contribution >= 4 is 27.4 Å². The quantitative estimate of drug-likeness (QED) is 0.866. The average molecular weight is 350 g/mol. The van der Waals surface area contributed by atoms with Crippen LogP contribution in [0.2, 0.25) is 0 Å². The van der Waals surface area contributed by atoms with Crippen LogP contribution in [0.3, 0.4) is 0 Å². The van der Waals surface area contributed by atoms with Crippen LogP contribution >= 0.6 is 0 Å². The highest BCUT2D eigenvalue weighted by molar-refractivity contribution is 7.91. The maximum Gasteiger partial charge on any atom is 0.256 e. The fourth-order valence-corrected chi connectivity index (χ4v) is 4.09. The Balaban J connectivity index is 1.61. The second-order valence-electron chi connectivity index (χ2n) is 5.51. The summed E-state index contributed by atoms with van der Waals surface area (Å²) in [5, 5.41) is 13.3. The Labute approximate surface area is 138 Å². The van der Waals surface area contributed by atoms with Gasteiger partial charge in [-0.25, -0.2) is 12.8 Å². The number of amides is 1. The van der Waals surface area contributed by atoms with Gasteiger partial charge >= 0.3 is 0 Å². The molecule has 0 bridgehead atoms. The number of halogens is 1. The highest BCUT2D eigenvalue weighted by Crippen LogP contribution is 2.16. The summed E-state index contributed by atoms with van der Waals surface area (Å²) in [5.74, 6) is -0.104. The monoisotopic (exact) mass is 350 g/mol. The molecule has 1 saturated heterocycles. The van der Waals surface area contributed by atoms with E-state index in [9.17, 15) is 17.6 Å². The van der Waals surface area contributed by atoms with Gasteiger partial charge in [-0.2, -0.15) is 0 Å². The van der Waals surface area contributed by atoms with Gasteiger partial charge in [0, 0.05) is 11.6 Å². The molecule has 2 N–H and O–H groups in total. The number of aromatic nitrogens is 2. The molecule has 1 amide bonds. The van der Waals surface area contributed by atoms with E-state index in [0.29, 0.717) is 12.2 Å². The number of nitrogens with zero attached hydrogens (tertiary/aromatic N) is 2. The minimum absolute atomic E-state index is 0.0761. The van der Waals surface area contributed by atoms with Gasteiger partial charge in [0.05, 0.1) is 11.5 Å². The van der Waals surface area contributed by atoms with Crippen LogP contribution in [0.4, 0.5) is 16.0 Å². The normalized spacial score (nSPS) is 19.0. The second-order valence-corrected chi connectivity index (χ2v) is 7.74. The standard InChI is InChI=1S/C15H15FN4O3S/c16-11-3-1-2-10(8-11)15(21)18-14-5-4-13(19-20-14)17-12-6-7-24(22,23)9-12/h1-5,8,12H,6-7,9H2,(H,17,19)(H,18,20,21). The number of carbonyl (C=O) groups excluding carboxylic acids is 1. The number of sulfone groups is 1. The van der Waals surface area contributed by atoms with Crippen molar-refractivity contribution in [3.8, 4) is 0 Å². The number of rotatable bonds is 4. The van der Waals surface area contributed by atoms with E-state index in [-0.39, 0.29) is 28.9 Å². The molecule has 1 aromatic carbocycles. The molecule has 2 aromatic rings. The second kappa shape index (κ2) is 6.52. The fraction of sp³-hybridized carbons (Fsp3) is 0.267. The predicted octanol–water partition coefficient (Wildman–Crippen LogP) is 1.47. The summed E-state index contributed by atoms with van der Waals surface area (Å²) in [4.78, 5) is 12.0. The third kappa shape index (κ3) is 4.05. The van der Waals surface area contributed by atoms with Crippen molar-refractivity contribution in [3.63, 3.8) is 0 Å². The lowest BCUT2D eigenvalue weighted by Crippen LogP contribution is -2.21. The van der Waals surface area contributed by atoms with E-state index in [4.69, 9.17) is 0 Å². The molecule has 0 spiro atoms. The van der Waals surface area contributed by atoms with Crippen molar-refractivity contribution < 1.29 is 17.6 Å². The molecule has 9 heteroatoms. The summed E-state index contributed by atoms with van der Waals surface area (Å²) in [6.45, 7) is 0. The molecule has 24 heavy (non-hydrogen) atoms. The van der Waals surface area contributed by atoms with Gasteiger partial charge in [0.15, 0.2) is 15.7 Å². The Morgan fingerprint density at radius 3 is 2.54 bits per heavy atom. The molecule has 1 aliphatic heterocycles. The van der Waals surface area contributed by atoms with Crippen molar-refractivity contribution in [3.05, 3.63) is 47.8 Å². The summed E-state index contributed by atoms with van der Waals surface area (Å²) in [7, 11) is -2.97.